The van der Waals surface area contributed by atoms with E-state index in [-0.39, 0.29) is 11.6 Å². The minimum absolute atomic E-state index is 0.212. The minimum atomic E-state index is -0.411. The molecule has 2 N–H and O–H groups in total. The Balaban J connectivity index is 1.51. The normalized spacial score (nSPS) is 22.7. The van der Waals surface area contributed by atoms with Gasteiger partial charge in [-0.05, 0) is 43.1 Å². The number of rotatable bonds is 5. The Bertz CT molecular complexity index is 1220. The fraction of sp³-hybridized carbons (Fsp3) is 0.333. The van der Waals surface area contributed by atoms with Crippen molar-refractivity contribution in [3.05, 3.63) is 76.2 Å². The zero-order valence-corrected chi connectivity index (χ0v) is 17.1. The van der Waals surface area contributed by atoms with Gasteiger partial charge < -0.3 is 5.21 Å². The molecular weight excluding hydrogens is 392 g/mol. The maximum absolute atomic E-state index is 13.0. The third-order valence-electron chi connectivity index (χ3n) is 6.74. The van der Waals surface area contributed by atoms with Gasteiger partial charge in [-0.3, -0.25) is 9.59 Å². The van der Waals surface area contributed by atoms with Crippen molar-refractivity contribution in [3.8, 4) is 0 Å². The SMILES string of the molecule is O=C(CC1CC2CCC1C2)Nn1nc(/C(=N\O)c2ccccc2)c2ccccc2c1=O. The predicted octanol–water partition coefficient (Wildman–Crippen LogP) is 3.52. The van der Waals surface area contributed by atoms with Gasteiger partial charge in [0, 0.05) is 17.4 Å². The third-order valence-corrected chi connectivity index (χ3v) is 6.74. The first-order chi connectivity index (χ1) is 15.1. The molecule has 2 aliphatic carbocycles. The Morgan fingerprint density at radius 3 is 2.48 bits per heavy atom. The van der Waals surface area contributed by atoms with Crippen LogP contribution in [0.5, 0.6) is 0 Å². The fourth-order valence-corrected chi connectivity index (χ4v) is 5.31. The van der Waals surface area contributed by atoms with Gasteiger partial charge in [-0.1, -0.05) is 60.1 Å². The molecule has 1 amide bonds. The standard InChI is InChI=1S/C24H24N4O3/c29-21(14-18-13-15-10-11-17(18)12-15)25-28-24(30)20-9-5-4-8-19(20)23(26-28)22(27-31)16-6-2-1-3-7-16/h1-9,15,17-18,31H,10-14H2,(H,25,29)/b27-22-. The molecular formula is C24H24N4O3. The zero-order valence-electron chi connectivity index (χ0n) is 17.1. The highest BCUT2D eigenvalue weighted by molar-refractivity contribution is 6.17. The molecule has 0 spiro atoms. The first-order valence-corrected chi connectivity index (χ1v) is 10.7. The number of fused-ring (bicyclic) bond motifs is 3. The highest BCUT2D eigenvalue weighted by atomic mass is 16.4. The highest BCUT2D eigenvalue weighted by Crippen LogP contribution is 2.49. The second kappa shape index (κ2) is 7.98. The van der Waals surface area contributed by atoms with Gasteiger partial charge in [0.25, 0.3) is 5.56 Å². The average Bonchev–Trinajstić information content (AvgIpc) is 3.41. The number of nitrogens with one attached hydrogen (secondary N) is 1. The fourth-order valence-electron chi connectivity index (χ4n) is 5.31. The van der Waals surface area contributed by atoms with Crippen molar-refractivity contribution in [1.82, 2.24) is 9.89 Å². The molecule has 158 valence electrons. The third kappa shape index (κ3) is 3.60. The lowest BCUT2D eigenvalue weighted by Gasteiger charge is -2.21. The lowest BCUT2D eigenvalue weighted by Crippen LogP contribution is -2.37. The van der Waals surface area contributed by atoms with Gasteiger partial charge in [-0.2, -0.15) is 0 Å². The summed E-state index contributed by atoms with van der Waals surface area (Å²) in [6.07, 6.45) is 5.20. The van der Waals surface area contributed by atoms with E-state index in [1.165, 1.54) is 19.3 Å². The average molecular weight is 416 g/mol. The summed E-state index contributed by atoms with van der Waals surface area (Å²) in [5.74, 6) is 1.55. The van der Waals surface area contributed by atoms with Gasteiger partial charge in [0.2, 0.25) is 5.91 Å². The Labute approximate surface area is 179 Å². The highest BCUT2D eigenvalue weighted by Gasteiger charge is 2.40. The van der Waals surface area contributed by atoms with Crippen molar-refractivity contribution in [3.63, 3.8) is 0 Å². The Morgan fingerprint density at radius 1 is 1.06 bits per heavy atom. The summed E-state index contributed by atoms with van der Waals surface area (Å²) in [5.41, 5.74) is 3.47. The van der Waals surface area contributed by atoms with Crippen LogP contribution in [0.1, 0.15) is 43.4 Å². The number of carbonyl (C=O) groups is 1. The van der Waals surface area contributed by atoms with Crippen LogP contribution in [0.15, 0.2) is 64.5 Å². The summed E-state index contributed by atoms with van der Waals surface area (Å²) < 4.78 is 0. The van der Waals surface area contributed by atoms with Gasteiger partial charge in [0.1, 0.15) is 11.4 Å². The van der Waals surface area contributed by atoms with Gasteiger partial charge in [-0.25, -0.2) is 5.43 Å². The molecule has 5 rings (SSSR count). The lowest BCUT2D eigenvalue weighted by atomic mass is 9.86. The molecule has 2 aromatic carbocycles. The van der Waals surface area contributed by atoms with E-state index < -0.39 is 5.56 Å². The molecule has 7 nitrogen and oxygen atoms in total. The van der Waals surface area contributed by atoms with Gasteiger partial charge in [0.15, 0.2) is 0 Å². The predicted molar refractivity (Wildman–Crippen MR) is 118 cm³/mol. The van der Waals surface area contributed by atoms with Crippen LogP contribution in [0.25, 0.3) is 10.8 Å². The van der Waals surface area contributed by atoms with E-state index in [0.717, 1.165) is 17.1 Å². The second-order valence-corrected chi connectivity index (χ2v) is 8.60. The smallest absolute Gasteiger partial charge is 0.294 e. The van der Waals surface area contributed by atoms with Crippen molar-refractivity contribution < 1.29 is 10.0 Å². The molecule has 2 saturated carbocycles. The molecule has 2 aliphatic rings. The van der Waals surface area contributed by atoms with E-state index in [0.29, 0.717) is 40.3 Å². The van der Waals surface area contributed by atoms with Crippen LogP contribution >= 0.6 is 0 Å². The van der Waals surface area contributed by atoms with E-state index in [9.17, 15) is 14.8 Å². The summed E-state index contributed by atoms with van der Waals surface area (Å²) in [6, 6.07) is 16.1. The van der Waals surface area contributed by atoms with E-state index in [2.05, 4.69) is 15.7 Å². The number of amides is 1. The van der Waals surface area contributed by atoms with Crippen LogP contribution in [0.4, 0.5) is 0 Å². The van der Waals surface area contributed by atoms with Crippen LogP contribution < -0.4 is 11.0 Å². The maximum atomic E-state index is 13.0. The summed E-state index contributed by atoms with van der Waals surface area (Å²) in [4.78, 5) is 26.8. The van der Waals surface area contributed by atoms with E-state index in [1.807, 2.05) is 18.2 Å². The molecule has 2 fully saturated rings. The molecule has 1 aromatic heterocycles. The van der Waals surface area contributed by atoms with Crippen LogP contribution in [0.2, 0.25) is 0 Å². The number of carbonyl (C=O) groups excluding carboxylic acids is 1. The summed E-state index contributed by atoms with van der Waals surface area (Å²) in [5, 5.41) is 18.6. The van der Waals surface area contributed by atoms with Crippen molar-refractivity contribution in [2.45, 2.75) is 32.1 Å². The second-order valence-electron chi connectivity index (χ2n) is 8.60. The van der Waals surface area contributed by atoms with Crippen LogP contribution in [0, 0.1) is 17.8 Å². The molecule has 1 heterocycles. The molecule has 2 bridgehead atoms. The van der Waals surface area contributed by atoms with Crippen LogP contribution in [-0.2, 0) is 4.79 Å². The quantitative estimate of drug-likeness (QED) is 0.378. The summed E-state index contributed by atoms with van der Waals surface area (Å²) in [6.45, 7) is 0. The molecule has 7 heteroatoms. The van der Waals surface area contributed by atoms with Crippen molar-refractivity contribution in [2.24, 2.45) is 22.9 Å². The molecule has 3 aromatic rings. The van der Waals surface area contributed by atoms with Gasteiger partial charge >= 0.3 is 0 Å². The number of nitrogens with zero attached hydrogens (tertiary/aromatic N) is 3. The van der Waals surface area contributed by atoms with Crippen molar-refractivity contribution in [2.75, 3.05) is 5.43 Å². The van der Waals surface area contributed by atoms with E-state index >= 15 is 0 Å². The largest absolute Gasteiger partial charge is 0.410 e. The van der Waals surface area contributed by atoms with Crippen molar-refractivity contribution >= 4 is 22.4 Å². The molecule has 31 heavy (non-hydrogen) atoms. The van der Waals surface area contributed by atoms with Crippen LogP contribution in [-0.4, -0.2) is 26.7 Å². The monoisotopic (exact) mass is 416 g/mol. The minimum Gasteiger partial charge on any atom is -0.410 e. The molecule has 3 unspecified atom stereocenters. The van der Waals surface area contributed by atoms with E-state index in [4.69, 9.17) is 0 Å². The first-order valence-electron chi connectivity index (χ1n) is 10.7. The Kier molecular flexibility index (Phi) is 5.02. The lowest BCUT2D eigenvalue weighted by molar-refractivity contribution is -0.118. The summed E-state index contributed by atoms with van der Waals surface area (Å²) >= 11 is 0. The van der Waals surface area contributed by atoms with E-state index in [1.54, 1.807) is 36.4 Å². The van der Waals surface area contributed by atoms with Crippen molar-refractivity contribution in [1.29, 1.82) is 0 Å². The van der Waals surface area contributed by atoms with Crippen LogP contribution in [0.3, 0.4) is 0 Å². The molecule has 0 aliphatic heterocycles. The topological polar surface area (TPSA) is 96.6 Å². The number of hydrogen-bond acceptors (Lipinski definition) is 5. The first kappa shape index (κ1) is 19.5. The van der Waals surface area contributed by atoms with Gasteiger partial charge in [-0.15, -0.1) is 9.89 Å². The number of benzene rings is 2. The summed E-state index contributed by atoms with van der Waals surface area (Å²) in [7, 11) is 0. The Hall–Kier alpha value is -3.48. The Morgan fingerprint density at radius 2 is 1.81 bits per heavy atom. The number of aromatic nitrogens is 2. The molecule has 0 saturated heterocycles. The molecule has 0 radical (unpaired) electrons. The number of hydrogen-bond donors (Lipinski definition) is 2. The number of oxime groups is 1. The van der Waals surface area contributed by atoms with Gasteiger partial charge in [0.05, 0.1) is 5.39 Å². The molecule has 3 atom stereocenters. The zero-order chi connectivity index (χ0) is 21.4. The maximum Gasteiger partial charge on any atom is 0.294 e.